The van der Waals surface area contributed by atoms with Crippen molar-refractivity contribution in [2.45, 2.75) is 13.3 Å². The normalized spacial score (nSPS) is 18.2. The van der Waals surface area contributed by atoms with Gasteiger partial charge in [-0.1, -0.05) is 24.3 Å². The predicted molar refractivity (Wildman–Crippen MR) is 120 cm³/mol. The van der Waals surface area contributed by atoms with E-state index in [0.29, 0.717) is 6.42 Å². The smallest absolute Gasteiger partial charge is 0.227 e. The van der Waals surface area contributed by atoms with E-state index in [1.165, 1.54) is 16.9 Å². The molecule has 4 rings (SSSR count). The Bertz CT molecular complexity index is 819. The van der Waals surface area contributed by atoms with Gasteiger partial charge in [-0.2, -0.15) is 0 Å². The highest BCUT2D eigenvalue weighted by Gasteiger charge is 2.22. The number of likely N-dealkylation sites (N-methyl/N-ethyl adjacent to an activating group) is 1. The van der Waals surface area contributed by atoms with Crippen molar-refractivity contribution < 1.29 is 4.79 Å². The minimum absolute atomic E-state index is 0.240. The van der Waals surface area contributed by atoms with Crippen LogP contribution in [0, 0.1) is 6.92 Å². The second-order valence-corrected chi connectivity index (χ2v) is 8.28. The molecule has 0 unspecified atom stereocenters. The minimum Gasteiger partial charge on any atom is -0.369 e. The number of carbonyl (C=O) groups is 1. The van der Waals surface area contributed by atoms with Gasteiger partial charge >= 0.3 is 0 Å². The molecule has 0 saturated carbocycles. The van der Waals surface area contributed by atoms with Crippen LogP contribution in [-0.4, -0.2) is 75.1 Å². The Morgan fingerprint density at radius 2 is 1.28 bits per heavy atom. The Labute approximate surface area is 174 Å². The Kier molecular flexibility index (Phi) is 6.05. The van der Waals surface area contributed by atoms with Crippen molar-refractivity contribution in [1.82, 2.24) is 9.80 Å². The zero-order valence-electron chi connectivity index (χ0n) is 17.7. The highest BCUT2D eigenvalue weighted by atomic mass is 16.2. The molecule has 0 aliphatic carbocycles. The van der Waals surface area contributed by atoms with Crippen LogP contribution in [0.4, 0.5) is 11.4 Å². The van der Waals surface area contributed by atoms with Gasteiger partial charge in [-0.15, -0.1) is 0 Å². The van der Waals surface area contributed by atoms with Gasteiger partial charge in [0.25, 0.3) is 0 Å². The second kappa shape index (κ2) is 8.87. The van der Waals surface area contributed by atoms with Crippen LogP contribution in [0.25, 0.3) is 0 Å². The molecular weight excluding hydrogens is 360 g/mol. The maximum atomic E-state index is 12.7. The van der Waals surface area contributed by atoms with Crippen molar-refractivity contribution in [3.05, 3.63) is 59.7 Å². The van der Waals surface area contributed by atoms with Gasteiger partial charge in [0.15, 0.2) is 0 Å². The third-order valence-electron chi connectivity index (χ3n) is 6.32. The van der Waals surface area contributed by atoms with Crippen LogP contribution in [0.15, 0.2) is 48.5 Å². The Morgan fingerprint density at radius 1 is 0.759 bits per heavy atom. The number of benzene rings is 2. The molecule has 2 aliphatic rings. The van der Waals surface area contributed by atoms with Gasteiger partial charge in [0.1, 0.15) is 0 Å². The number of piperazine rings is 2. The molecule has 2 heterocycles. The van der Waals surface area contributed by atoms with Crippen molar-refractivity contribution in [3.63, 3.8) is 0 Å². The lowest BCUT2D eigenvalue weighted by molar-refractivity contribution is -0.130. The zero-order valence-corrected chi connectivity index (χ0v) is 17.7. The molecule has 154 valence electrons. The molecule has 2 aromatic rings. The predicted octanol–water partition coefficient (Wildman–Crippen LogP) is 2.64. The molecule has 0 aromatic heterocycles. The van der Waals surface area contributed by atoms with E-state index in [1.54, 1.807) is 0 Å². The van der Waals surface area contributed by atoms with Crippen molar-refractivity contribution in [2.75, 3.05) is 69.2 Å². The molecule has 0 spiro atoms. The van der Waals surface area contributed by atoms with Crippen molar-refractivity contribution in [1.29, 1.82) is 0 Å². The molecule has 0 bridgehead atoms. The maximum Gasteiger partial charge on any atom is 0.227 e. The number of amides is 1. The summed E-state index contributed by atoms with van der Waals surface area (Å²) in [6, 6.07) is 17.1. The van der Waals surface area contributed by atoms with Crippen LogP contribution in [0.3, 0.4) is 0 Å². The van der Waals surface area contributed by atoms with E-state index in [9.17, 15) is 4.79 Å². The van der Waals surface area contributed by atoms with Gasteiger partial charge in [0.05, 0.1) is 6.42 Å². The fraction of sp³-hybridized carbons (Fsp3) is 0.458. The molecule has 1 amide bonds. The fourth-order valence-corrected chi connectivity index (χ4v) is 4.24. The summed E-state index contributed by atoms with van der Waals surface area (Å²) in [6.07, 6.45) is 0.506. The van der Waals surface area contributed by atoms with E-state index in [0.717, 1.165) is 57.9 Å². The van der Waals surface area contributed by atoms with E-state index in [-0.39, 0.29) is 5.91 Å². The maximum absolute atomic E-state index is 12.7. The lowest BCUT2D eigenvalue weighted by atomic mass is 10.1. The summed E-state index contributed by atoms with van der Waals surface area (Å²) in [6.45, 7) is 9.90. The molecule has 5 heteroatoms. The van der Waals surface area contributed by atoms with Gasteiger partial charge in [-0.25, -0.2) is 0 Å². The quantitative estimate of drug-likeness (QED) is 0.800. The standard InChI is InChI=1S/C24H32N4O/c1-20-5-3-4-6-21(20)19-24(29)28-17-15-27(16-18-28)23-9-7-22(8-10-23)26-13-11-25(2)12-14-26/h3-10H,11-19H2,1-2H3. The first-order valence-corrected chi connectivity index (χ1v) is 10.7. The average molecular weight is 393 g/mol. The van der Waals surface area contributed by atoms with Gasteiger partial charge < -0.3 is 19.6 Å². The molecule has 2 fully saturated rings. The number of carbonyl (C=O) groups excluding carboxylic acids is 1. The van der Waals surface area contributed by atoms with Crippen LogP contribution < -0.4 is 9.80 Å². The summed E-state index contributed by atoms with van der Waals surface area (Å²) in [5.74, 6) is 0.240. The largest absolute Gasteiger partial charge is 0.369 e. The van der Waals surface area contributed by atoms with E-state index >= 15 is 0 Å². The average Bonchev–Trinajstić information content (AvgIpc) is 2.76. The third-order valence-corrected chi connectivity index (χ3v) is 6.32. The number of nitrogens with zero attached hydrogens (tertiary/aromatic N) is 4. The van der Waals surface area contributed by atoms with E-state index in [1.807, 2.05) is 17.0 Å². The minimum atomic E-state index is 0.240. The monoisotopic (exact) mass is 392 g/mol. The Balaban J connectivity index is 1.30. The van der Waals surface area contributed by atoms with Crippen LogP contribution in [0.1, 0.15) is 11.1 Å². The summed E-state index contributed by atoms with van der Waals surface area (Å²) in [5, 5.41) is 0. The van der Waals surface area contributed by atoms with Gasteiger partial charge in [0.2, 0.25) is 5.91 Å². The van der Waals surface area contributed by atoms with Gasteiger partial charge in [0, 0.05) is 63.7 Å². The van der Waals surface area contributed by atoms with Crippen LogP contribution >= 0.6 is 0 Å². The fourth-order valence-electron chi connectivity index (χ4n) is 4.24. The van der Waals surface area contributed by atoms with E-state index < -0.39 is 0 Å². The molecule has 5 nitrogen and oxygen atoms in total. The summed E-state index contributed by atoms with van der Waals surface area (Å²) < 4.78 is 0. The third kappa shape index (κ3) is 4.73. The molecule has 0 N–H and O–H groups in total. The van der Waals surface area contributed by atoms with E-state index in [2.05, 4.69) is 65.1 Å². The molecule has 0 radical (unpaired) electrons. The first-order chi connectivity index (χ1) is 14.1. The van der Waals surface area contributed by atoms with Crippen molar-refractivity contribution >= 4 is 17.3 Å². The number of anilines is 2. The van der Waals surface area contributed by atoms with Gasteiger partial charge in [-0.05, 0) is 49.4 Å². The molecular formula is C24H32N4O. The zero-order chi connectivity index (χ0) is 20.2. The van der Waals surface area contributed by atoms with Crippen LogP contribution in [-0.2, 0) is 11.2 Å². The number of rotatable bonds is 4. The number of hydrogen-bond acceptors (Lipinski definition) is 4. The molecule has 0 atom stereocenters. The lowest BCUT2D eigenvalue weighted by Gasteiger charge is -2.37. The Morgan fingerprint density at radius 3 is 1.83 bits per heavy atom. The van der Waals surface area contributed by atoms with Crippen LogP contribution in [0.2, 0.25) is 0 Å². The van der Waals surface area contributed by atoms with Crippen molar-refractivity contribution in [2.24, 2.45) is 0 Å². The summed E-state index contributed by atoms with van der Waals surface area (Å²) in [5.41, 5.74) is 4.90. The Hall–Kier alpha value is -2.53. The van der Waals surface area contributed by atoms with E-state index in [4.69, 9.17) is 0 Å². The highest BCUT2D eigenvalue weighted by Crippen LogP contribution is 2.23. The summed E-state index contributed by atoms with van der Waals surface area (Å²) in [7, 11) is 2.19. The highest BCUT2D eigenvalue weighted by molar-refractivity contribution is 5.79. The molecule has 2 aromatic carbocycles. The number of aryl methyl sites for hydroxylation is 1. The summed E-state index contributed by atoms with van der Waals surface area (Å²) in [4.78, 5) is 22.0. The molecule has 2 saturated heterocycles. The van der Waals surface area contributed by atoms with Crippen LogP contribution in [0.5, 0.6) is 0 Å². The van der Waals surface area contributed by atoms with Gasteiger partial charge in [-0.3, -0.25) is 4.79 Å². The molecule has 2 aliphatic heterocycles. The second-order valence-electron chi connectivity index (χ2n) is 8.28. The summed E-state index contributed by atoms with van der Waals surface area (Å²) >= 11 is 0. The first kappa shape index (κ1) is 19.8. The SMILES string of the molecule is Cc1ccccc1CC(=O)N1CCN(c2ccc(N3CCN(C)CC3)cc2)CC1. The topological polar surface area (TPSA) is 30.0 Å². The van der Waals surface area contributed by atoms with Crippen molar-refractivity contribution in [3.8, 4) is 0 Å². The molecule has 29 heavy (non-hydrogen) atoms. The number of hydrogen-bond donors (Lipinski definition) is 0. The lowest BCUT2D eigenvalue weighted by Crippen LogP contribution is -2.49. The first-order valence-electron chi connectivity index (χ1n) is 10.7.